The van der Waals surface area contributed by atoms with Gasteiger partial charge in [0.25, 0.3) is 0 Å². The van der Waals surface area contributed by atoms with Gasteiger partial charge in [0.1, 0.15) is 35.1 Å². The summed E-state index contributed by atoms with van der Waals surface area (Å²) in [5.41, 5.74) is -3.51. The minimum atomic E-state index is -0.797. The standard InChI is InChI=1S/C93H150O18/c1-49(19-28-76(100)109-85(4,5)6)61-22-25-64-79-67(46-73(97)91(61,64)16)88(13)34-31-58(40-55(88)43-70(79)94)106-82(103)52-37-53(83(104)107-59-32-35-89(14)56(41-59)44-71(95)80-65-26-23-62(92(65,17)74(98)47-68(80)89)50(2)20-29-77(101)110-86(7,8)9)39-54(38-52)84(105)108-60-33-36-90(15)57(42-60)45-72(96)81-66-27-24-63(93(66,18)75(99)48-69(81)90)51(3)21-30-78(102)111-87(10,11)12/h49-75,79-81,94-99H,19-48H2,1-18H3/t49-,50-,51+,52?,53?,54?,55?,56?,57?,58-,59-,60+,61?,62?,63?,64?,65?,66?,67?,68?,69?,70-,71-,72+,73+,74+,75-,79?,80?,81?,88+,89+,90-,91-,92-,93+/m1/s1. The summed E-state index contributed by atoms with van der Waals surface area (Å²) >= 11 is 0. The van der Waals surface area contributed by atoms with E-state index in [0.29, 0.717) is 116 Å². The van der Waals surface area contributed by atoms with Crippen LogP contribution in [0.5, 0.6) is 0 Å². The Labute approximate surface area is 666 Å². The van der Waals surface area contributed by atoms with Crippen LogP contribution in [0, 0.1) is 157 Å². The van der Waals surface area contributed by atoms with Gasteiger partial charge in [-0.2, -0.15) is 0 Å². The highest BCUT2D eigenvalue weighted by molar-refractivity contribution is 5.81. The Bertz CT molecular complexity index is 3020. The van der Waals surface area contributed by atoms with Gasteiger partial charge < -0.3 is 59.1 Å². The molecular weight excluding hydrogens is 1410 g/mol. The maximum atomic E-state index is 15.2. The number of fused-ring (bicyclic) bond motifs is 15. The number of ether oxygens (including phenoxy) is 6. The van der Waals surface area contributed by atoms with Crippen molar-refractivity contribution in [2.75, 3.05) is 0 Å². The molecule has 13 rings (SSSR count). The Kier molecular flexibility index (Phi) is 24.2. The van der Waals surface area contributed by atoms with Gasteiger partial charge in [0.05, 0.1) is 54.4 Å². The number of hydrogen-bond donors (Lipinski definition) is 6. The molecular formula is C93H150O18. The van der Waals surface area contributed by atoms with Gasteiger partial charge in [0, 0.05) is 19.3 Å². The maximum absolute atomic E-state index is 15.2. The van der Waals surface area contributed by atoms with Crippen molar-refractivity contribution >= 4 is 35.8 Å². The molecule has 0 bridgehead atoms. The molecule has 0 heterocycles. The minimum Gasteiger partial charge on any atom is -0.462 e. The van der Waals surface area contributed by atoms with Crippen LogP contribution in [-0.2, 0) is 57.2 Å². The van der Waals surface area contributed by atoms with E-state index in [1.54, 1.807) is 0 Å². The van der Waals surface area contributed by atoms with Crippen LogP contribution in [-0.4, -0.2) is 138 Å². The summed E-state index contributed by atoms with van der Waals surface area (Å²) in [6.45, 7) is 37.4. The number of carbonyl (C=O) groups is 6. The van der Waals surface area contributed by atoms with Crippen molar-refractivity contribution in [3.8, 4) is 0 Å². The fraction of sp³-hybridized carbons (Fsp3) is 0.935. The normalized spacial score (nSPS) is 47.4. The van der Waals surface area contributed by atoms with Crippen LogP contribution in [0.15, 0.2) is 0 Å². The lowest BCUT2D eigenvalue weighted by molar-refractivity contribution is -0.211. The van der Waals surface area contributed by atoms with E-state index in [0.717, 1.165) is 57.8 Å². The lowest BCUT2D eigenvalue weighted by Crippen LogP contribution is -2.62. The smallest absolute Gasteiger partial charge is 0.309 e. The summed E-state index contributed by atoms with van der Waals surface area (Å²) in [4.78, 5) is 84.2. The highest BCUT2D eigenvalue weighted by atomic mass is 16.6. The van der Waals surface area contributed by atoms with E-state index in [2.05, 4.69) is 62.3 Å². The van der Waals surface area contributed by atoms with Crippen LogP contribution in [0.2, 0.25) is 0 Å². The van der Waals surface area contributed by atoms with Gasteiger partial charge in [-0.1, -0.05) is 62.3 Å². The molecule has 0 saturated heterocycles. The number of rotatable bonds is 18. The van der Waals surface area contributed by atoms with Crippen molar-refractivity contribution in [2.45, 2.75) is 389 Å². The predicted octanol–water partition coefficient (Wildman–Crippen LogP) is 15.8. The number of esters is 6. The first-order valence-corrected chi connectivity index (χ1v) is 45.1. The molecule has 13 fully saturated rings. The van der Waals surface area contributed by atoms with E-state index in [1.807, 2.05) is 62.3 Å². The third kappa shape index (κ3) is 16.0. The first-order chi connectivity index (χ1) is 51.7. The summed E-state index contributed by atoms with van der Waals surface area (Å²) in [6, 6.07) is 0. The minimum absolute atomic E-state index is 0.0171. The van der Waals surface area contributed by atoms with E-state index >= 15 is 14.4 Å². The average molecular weight is 1560 g/mol. The Morgan fingerprint density at radius 3 is 0.811 bits per heavy atom. The first-order valence-electron chi connectivity index (χ1n) is 45.1. The molecule has 13 saturated carbocycles. The van der Waals surface area contributed by atoms with Gasteiger partial charge >= 0.3 is 35.8 Å². The fourth-order valence-electron chi connectivity index (χ4n) is 30.2. The van der Waals surface area contributed by atoms with Gasteiger partial charge in [-0.15, -0.1) is 0 Å². The largest absolute Gasteiger partial charge is 0.462 e. The molecule has 0 spiro atoms. The van der Waals surface area contributed by atoms with E-state index in [-0.39, 0.29) is 160 Å². The lowest BCUT2D eigenvalue weighted by atomic mass is 9.43. The number of aliphatic hydroxyl groups is 6. The van der Waals surface area contributed by atoms with Crippen LogP contribution >= 0.6 is 0 Å². The molecule has 630 valence electrons. The Hall–Kier alpha value is -3.42. The zero-order valence-electron chi connectivity index (χ0n) is 71.6. The third-order valence-corrected chi connectivity index (χ3v) is 35.7. The van der Waals surface area contributed by atoms with Crippen LogP contribution in [0.1, 0.15) is 317 Å². The molecule has 17 unspecified atom stereocenters. The molecule has 18 nitrogen and oxygen atoms in total. The lowest BCUT2D eigenvalue weighted by Gasteiger charge is -2.63. The van der Waals surface area contributed by atoms with Crippen LogP contribution in [0.3, 0.4) is 0 Å². The molecule has 0 radical (unpaired) electrons. The molecule has 0 aromatic rings. The summed E-state index contributed by atoms with van der Waals surface area (Å²) < 4.78 is 37.0. The highest BCUT2D eigenvalue weighted by Crippen LogP contribution is 2.73. The Morgan fingerprint density at radius 1 is 0.333 bits per heavy atom. The van der Waals surface area contributed by atoms with Crippen LogP contribution in [0.4, 0.5) is 0 Å². The fourth-order valence-corrected chi connectivity index (χ4v) is 30.2. The first kappa shape index (κ1) is 85.5. The van der Waals surface area contributed by atoms with Crippen LogP contribution in [0.25, 0.3) is 0 Å². The molecule has 0 aromatic carbocycles. The molecule has 6 N–H and O–H groups in total. The quantitative estimate of drug-likeness (QED) is 0.0549. The molecule has 13 aliphatic rings. The van der Waals surface area contributed by atoms with Crippen molar-refractivity contribution < 1.29 is 87.8 Å². The summed E-state index contributed by atoms with van der Waals surface area (Å²) in [5, 5.41) is 74.9. The molecule has 0 amide bonds. The topological polar surface area (TPSA) is 279 Å². The van der Waals surface area contributed by atoms with Crippen molar-refractivity contribution in [3.63, 3.8) is 0 Å². The average Bonchev–Trinajstić information content (AvgIpc) is 1.67. The summed E-state index contributed by atoms with van der Waals surface area (Å²) in [7, 11) is 0. The van der Waals surface area contributed by atoms with Gasteiger partial charge in [0.15, 0.2) is 0 Å². The van der Waals surface area contributed by atoms with Crippen LogP contribution < -0.4 is 0 Å². The van der Waals surface area contributed by atoms with Crippen molar-refractivity contribution in [3.05, 3.63) is 0 Å². The van der Waals surface area contributed by atoms with Crippen molar-refractivity contribution in [1.29, 1.82) is 0 Å². The van der Waals surface area contributed by atoms with Gasteiger partial charge in [0.2, 0.25) is 0 Å². The maximum Gasteiger partial charge on any atom is 0.309 e. The van der Waals surface area contributed by atoms with Crippen molar-refractivity contribution in [1.82, 2.24) is 0 Å². The Balaban J connectivity index is 0.675. The second-order valence-corrected chi connectivity index (χ2v) is 44.9. The monoisotopic (exact) mass is 1560 g/mol. The molecule has 18 heteroatoms. The Morgan fingerprint density at radius 2 is 0.577 bits per heavy atom. The van der Waals surface area contributed by atoms with Crippen molar-refractivity contribution in [2.24, 2.45) is 157 Å². The number of hydrogen-bond acceptors (Lipinski definition) is 18. The SMILES string of the molecule is C[C@H](CCC(=O)OC(C)(C)C)C1CCC2C3C(C[C@H](O)[C@@]21C)[C@@]1(C)CC[C@@H](OC(=O)C2CC(C(=O)O[C@@H]4CC[C@@]5(C)C(C4)C[C@@H](O)C4C5C[C@H](O)[C@@]5(C)C4CCC5[C@H](C)CCC(=O)OC(C)(C)C)CC(C(=O)O[C@H]4CC[C@]5(C)C(C4)C[C@H](O)C4C5C[C@@H](O)[C@]5(C)C4CCC5[C@@H](C)CCC(=O)OC(C)(C)C)C2)CC1C[C@H]3O. The third-order valence-electron chi connectivity index (χ3n) is 35.7. The molecule has 111 heavy (non-hydrogen) atoms. The molecule has 0 aromatic heterocycles. The highest BCUT2D eigenvalue weighted by Gasteiger charge is 2.70. The van der Waals surface area contributed by atoms with E-state index in [4.69, 9.17) is 28.4 Å². The second-order valence-electron chi connectivity index (χ2n) is 44.9. The molecule has 35 atom stereocenters. The summed E-state index contributed by atoms with van der Waals surface area (Å²) in [6.07, 6.45) is 13.6. The van der Waals surface area contributed by atoms with Gasteiger partial charge in [-0.25, -0.2) is 0 Å². The van der Waals surface area contributed by atoms with Gasteiger partial charge in [-0.05, 0) is 375 Å². The zero-order valence-corrected chi connectivity index (χ0v) is 71.6. The predicted molar refractivity (Wildman–Crippen MR) is 421 cm³/mol. The molecule has 13 aliphatic carbocycles. The number of aliphatic hydroxyl groups excluding tert-OH is 6. The van der Waals surface area contributed by atoms with Gasteiger partial charge in [-0.3, -0.25) is 28.8 Å². The van der Waals surface area contributed by atoms with E-state index in [1.165, 1.54) is 0 Å². The second kappa shape index (κ2) is 31.4. The van der Waals surface area contributed by atoms with E-state index < -0.39 is 124 Å². The zero-order chi connectivity index (χ0) is 80.7. The number of carbonyl (C=O) groups excluding carboxylic acids is 6. The summed E-state index contributed by atoms with van der Waals surface area (Å²) in [5.74, 6) is -2.37. The molecule has 0 aliphatic heterocycles. The van der Waals surface area contributed by atoms with E-state index in [9.17, 15) is 45.0 Å².